The van der Waals surface area contributed by atoms with Crippen LogP contribution in [0, 0.1) is 57.2 Å². The molecule has 0 aromatic rings. The van der Waals surface area contributed by atoms with Crippen LogP contribution in [0.1, 0.15) is 87.0 Å². The number of ether oxygens (including phenoxy) is 2. The Labute approximate surface area is 250 Å². The van der Waals surface area contributed by atoms with E-state index in [0.717, 1.165) is 37.8 Å². The summed E-state index contributed by atoms with van der Waals surface area (Å²) in [6, 6.07) is 0. The third-order valence-electron chi connectivity index (χ3n) is 13.3. The highest BCUT2D eigenvalue weighted by atomic mass is 16.6. The molecule has 8 heteroatoms. The second-order valence-electron chi connectivity index (χ2n) is 14.8. The number of hydrogen-bond acceptors (Lipinski definition) is 8. The van der Waals surface area contributed by atoms with Crippen molar-refractivity contribution in [1.29, 1.82) is 0 Å². The van der Waals surface area contributed by atoms with E-state index < -0.39 is 30.0 Å². The zero-order chi connectivity index (χ0) is 31.0. The molecule has 0 heterocycles. The molecule has 0 aromatic carbocycles. The number of allylic oxidation sites excluding steroid dienone is 2. The Bertz CT molecular complexity index is 1240. The molecule has 5 rings (SSSR count). The molecular formula is C34H49NO7. The molecule has 0 aromatic heterocycles. The summed E-state index contributed by atoms with van der Waals surface area (Å²) in [7, 11) is 0. The molecule has 0 unspecified atom stereocenters. The van der Waals surface area contributed by atoms with Gasteiger partial charge in [0.2, 0.25) is 0 Å². The fourth-order valence-electron chi connectivity index (χ4n) is 11.1. The van der Waals surface area contributed by atoms with Crippen LogP contribution in [0.15, 0.2) is 29.5 Å². The quantitative estimate of drug-likeness (QED) is 0.167. The Kier molecular flexibility index (Phi) is 7.60. The smallest absolute Gasteiger partial charge is 0.303 e. The predicted octanol–water partition coefficient (Wildman–Crippen LogP) is 5.50. The van der Waals surface area contributed by atoms with Crippen molar-refractivity contribution in [3.05, 3.63) is 24.3 Å². The molecule has 5 aliphatic carbocycles. The number of carbonyl (C=O) groups excluding carboxylic acids is 3. The first-order valence-electron chi connectivity index (χ1n) is 15.7. The average molecular weight is 584 g/mol. The molecule has 0 amide bonds. The predicted molar refractivity (Wildman–Crippen MR) is 157 cm³/mol. The van der Waals surface area contributed by atoms with E-state index in [4.69, 9.17) is 9.47 Å². The zero-order valence-corrected chi connectivity index (χ0v) is 26.3. The van der Waals surface area contributed by atoms with E-state index >= 15 is 0 Å². The topological polar surface area (TPSA) is 122 Å². The molecule has 4 saturated carbocycles. The number of rotatable bonds is 8. The summed E-state index contributed by atoms with van der Waals surface area (Å²) in [5.74, 6) is -1.33. The summed E-state index contributed by atoms with van der Waals surface area (Å²) < 4.78 is 11.8. The Hall–Kier alpha value is -2.48. The number of hydrogen-bond donors (Lipinski definition) is 2. The van der Waals surface area contributed by atoms with Gasteiger partial charge in [-0.05, 0) is 83.7 Å². The summed E-state index contributed by atoms with van der Waals surface area (Å²) in [6.45, 7) is 17.0. The third kappa shape index (κ3) is 4.10. The average Bonchev–Trinajstić information content (AvgIpc) is 3.53. The van der Waals surface area contributed by atoms with Gasteiger partial charge in [-0.2, -0.15) is 0 Å². The highest BCUT2D eigenvalue weighted by molar-refractivity contribution is 6.00. The van der Waals surface area contributed by atoms with Gasteiger partial charge in [-0.1, -0.05) is 52.4 Å². The SMILES string of the molecule is C=C(C(=O)[C@H](OC(C)=O)[C@@H](C)[C@H]1[C@@H](OC(C)=O)C[C@@]2(C)[C@@H]3CC[C@H]4[C@H](C)/C(=N\O)C=C[C@@]45C[C@@]35CC[C@]12C)[C@@H](C)CO. The number of Topliss-reactive ketones (excluding diaryl/α,β-unsaturated/α-hetero) is 1. The third-order valence-corrected chi connectivity index (χ3v) is 13.3. The summed E-state index contributed by atoms with van der Waals surface area (Å²) >= 11 is 0. The molecule has 8 nitrogen and oxygen atoms in total. The van der Waals surface area contributed by atoms with Gasteiger partial charge < -0.3 is 19.8 Å². The lowest BCUT2D eigenvalue weighted by Crippen LogP contribution is -2.56. The van der Waals surface area contributed by atoms with E-state index in [9.17, 15) is 24.7 Å². The first kappa shape index (κ1) is 31.0. The normalized spacial score (nSPS) is 44.5. The maximum Gasteiger partial charge on any atom is 0.303 e. The number of fused-ring (bicyclic) bond motifs is 2. The lowest BCUT2D eigenvalue weighted by atomic mass is 9.43. The standard InChI is InChI=1S/C34H49NO7/c1-18(16-36)19(2)29(39)30(42-23(6)38)21(4)28-26(41-22(5)37)15-32(8)27-10-9-24-20(3)25(35-40)11-12-33(24)17-34(27,33)14-13-31(28,32)7/h11-12,18,20-21,24,26-28,30,36,40H,2,9-10,13-17H2,1,3-8H3/b35-25-/t18-,20-,21-,24-,26-,27-,28-,30+,31+,32-,33+,34-/m0/s1. The van der Waals surface area contributed by atoms with Crippen molar-refractivity contribution in [2.75, 3.05) is 6.61 Å². The van der Waals surface area contributed by atoms with E-state index in [-0.39, 0.29) is 57.4 Å². The van der Waals surface area contributed by atoms with Crippen LogP contribution in [0.25, 0.3) is 0 Å². The summed E-state index contributed by atoms with van der Waals surface area (Å²) in [6.07, 6.45) is 8.77. The number of esters is 2. The van der Waals surface area contributed by atoms with Crippen LogP contribution in [0.5, 0.6) is 0 Å². The lowest BCUT2D eigenvalue weighted by Gasteiger charge is -2.61. The van der Waals surface area contributed by atoms with Crippen molar-refractivity contribution in [2.45, 2.75) is 99.2 Å². The van der Waals surface area contributed by atoms with Crippen LogP contribution >= 0.6 is 0 Å². The van der Waals surface area contributed by atoms with Gasteiger partial charge in [0.25, 0.3) is 0 Å². The lowest BCUT2D eigenvalue weighted by molar-refractivity contribution is -0.166. The fourth-order valence-corrected chi connectivity index (χ4v) is 11.1. The maximum absolute atomic E-state index is 13.7. The largest absolute Gasteiger partial charge is 0.462 e. The van der Waals surface area contributed by atoms with E-state index in [1.165, 1.54) is 13.8 Å². The van der Waals surface area contributed by atoms with Gasteiger partial charge in [0.05, 0.1) is 5.71 Å². The van der Waals surface area contributed by atoms with Gasteiger partial charge in [0.15, 0.2) is 11.9 Å². The molecule has 0 radical (unpaired) electrons. The number of carbonyl (C=O) groups is 3. The summed E-state index contributed by atoms with van der Waals surface area (Å²) in [5, 5.41) is 22.9. The minimum Gasteiger partial charge on any atom is -0.462 e. The number of ketones is 1. The van der Waals surface area contributed by atoms with E-state index in [1.807, 2.05) is 13.0 Å². The zero-order valence-electron chi connectivity index (χ0n) is 26.3. The monoisotopic (exact) mass is 583 g/mol. The Morgan fingerprint density at radius 1 is 1.12 bits per heavy atom. The van der Waals surface area contributed by atoms with E-state index in [2.05, 4.69) is 38.6 Å². The number of oxime groups is 1. The van der Waals surface area contributed by atoms with Crippen molar-refractivity contribution in [3.8, 4) is 0 Å². The van der Waals surface area contributed by atoms with Gasteiger partial charge >= 0.3 is 11.9 Å². The maximum atomic E-state index is 13.7. The molecule has 42 heavy (non-hydrogen) atoms. The molecule has 4 fully saturated rings. The van der Waals surface area contributed by atoms with Crippen molar-refractivity contribution in [2.24, 2.45) is 62.3 Å². The number of aliphatic hydroxyl groups is 1. The molecule has 2 spiro atoms. The number of aliphatic hydroxyl groups excluding tert-OH is 1. The van der Waals surface area contributed by atoms with Crippen LogP contribution in [0.3, 0.4) is 0 Å². The minimum atomic E-state index is -1.08. The van der Waals surface area contributed by atoms with Crippen molar-refractivity contribution < 1.29 is 34.2 Å². The Morgan fingerprint density at radius 3 is 2.40 bits per heavy atom. The summed E-state index contributed by atoms with van der Waals surface area (Å²) in [4.78, 5) is 38.5. The number of nitrogens with zero attached hydrogens (tertiary/aromatic N) is 1. The van der Waals surface area contributed by atoms with Gasteiger partial charge in [-0.25, -0.2) is 0 Å². The Morgan fingerprint density at radius 2 is 1.81 bits per heavy atom. The van der Waals surface area contributed by atoms with Crippen LogP contribution in [0.2, 0.25) is 0 Å². The fraction of sp³-hybridized carbons (Fsp3) is 0.765. The second kappa shape index (κ2) is 10.3. The van der Waals surface area contributed by atoms with Gasteiger partial charge in [-0.15, -0.1) is 0 Å². The second-order valence-corrected chi connectivity index (χ2v) is 14.8. The van der Waals surface area contributed by atoms with Crippen LogP contribution in [0.4, 0.5) is 0 Å². The summed E-state index contributed by atoms with van der Waals surface area (Å²) in [5.41, 5.74) is 0.814. The molecule has 5 aliphatic rings. The highest BCUT2D eigenvalue weighted by Gasteiger charge is 2.81. The minimum absolute atomic E-state index is 0.100. The van der Waals surface area contributed by atoms with E-state index in [1.54, 1.807) is 6.92 Å². The highest BCUT2D eigenvalue weighted by Crippen LogP contribution is 2.87. The molecule has 12 atom stereocenters. The van der Waals surface area contributed by atoms with E-state index in [0.29, 0.717) is 18.3 Å². The Balaban J connectivity index is 1.54. The molecule has 232 valence electrons. The molecule has 0 aliphatic heterocycles. The first-order chi connectivity index (χ1) is 19.6. The molecular weight excluding hydrogens is 534 g/mol. The van der Waals surface area contributed by atoms with Gasteiger partial charge in [-0.3, -0.25) is 14.4 Å². The first-order valence-corrected chi connectivity index (χ1v) is 15.7. The molecule has 0 saturated heterocycles. The van der Waals surface area contributed by atoms with Crippen molar-refractivity contribution >= 4 is 23.4 Å². The molecule has 0 bridgehead atoms. The van der Waals surface area contributed by atoms with Crippen LogP contribution in [-0.2, 0) is 23.9 Å². The van der Waals surface area contributed by atoms with Gasteiger partial charge in [0.1, 0.15) is 6.10 Å². The van der Waals surface area contributed by atoms with Crippen molar-refractivity contribution in [3.63, 3.8) is 0 Å². The van der Waals surface area contributed by atoms with Crippen molar-refractivity contribution in [1.82, 2.24) is 0 Å². The van der Waals surface area contributed by atoms with Gasteiger partial charge in [0, 0.05) is 44.1 Å². The van der Waals surface area contributed by atoms with Crippen LogP contribution < -0.4 is 0 Å². The molecule has 2 N–H and O–H groups in total. The van der Waals surface area contributed by atoms with Crippen LogP contribution in [-0.4, -0.2) is 52.6 Å².